The Hall–Kier alpha value is -0.530. The second-order valence-corrected chi connectivity index (χ2v) is 2.95. The van der Waals surface area contributed by atoms with E-state index in [0.29, 0.717) is 5.92 Å². The highest BCUT2D eigenvalue weighted by Crippen LogP contribution is 1.97. The molecule has 2 nitrogen and oxygen atoms in total. The second-order valence-electron chi connectivity index (χ2n) is 2.95. The van der Waals surface area contributed by atoms with E-state index in [0.717, 1.165) is 13.1 Å². The average Bonchev–Trinajstić information content (AvgIpc) is 2.03. The molecule has 0 aromatic carbocycles. The maximum Gasteiger partial charge on any atom is 0.219 e. The SMILES string of the molecule is CC.CCN(CC(C)C)C(C)=O. The van der Waals surface area contributed by atoms with Gasteiger partial charge < -0.3 is 4.90 Å². The summed E-state index contributed by atoms with van der Waals surface area (Å²) >= 11 is 0. The van der Waals surface area contributed by atoms with Gasteiger partial charge >= 0.3 is 0 Å². The Labute approximate surface area is 77.0 Å². The molecule has 0 atom stereocenters. The molecule has 0 aromatic rings. The normalized spacial score (nSPS) is 8.92. The smallest absolute Gasteiger partial charge is 0.219 e. The summed E-state index contributed by atoms with van der Waals surface area (Å²) in [6, 6.07) is 0. The predicted molar refractivity (Wildman–Crippen MR) is 54.1 cm³/mol. The Morgan fingerprint density at radius 1 is 1.33 bits per heavy atom. The fraction of sp³-hybridized carbons (Fsp3) is 0.900. The van der Waals surface area contributed by atoms with E-state index < -0.39 is 0 Å². The van der Waals surface area contributed by atoms with Crippen LogP contribution in [-0.2, 0) is 4.79 Å². The second kappa shape index (κ2) is 8.57. The van der Waals surface area contributed by atoms with Crippen molar-refractivity contribution < 1.29 is 4.79 Å². The first-order chi connectivity index (χ1) is 5.57. The minimum atomic E-state index is 0.177. The van der Waals surface area contributed by atoms with Gasteiger partial charge in [0, 0.05) is 20.0 Å². The number of carbonyl (C=O) groups excluding carboxylic acids is 1. The van der Waals surface area contributed by atoms with E-state index in [1.807, 2.05) is 25.7 Å². The van der Waals surface area contributed by atoms with Gasteiger partial charge in [0.1, 0.15) is 0 Å². The summed E-state index contributed by atoms with van der Waals surface area (Å²) in [6.45, 7) is 13.6. The highest BCUT2D eigenvalue weighted by Gasteiger charge is 2.06. The molecule has 0 aromatic heterocycles. The molecule has 1 amide bonds. The van der Waals surface area contributed by atoms with E-state index in [1.165, 1.54) is 0 Å². The summed E-state index contributed by atoms with van der Waals surface area (Å²) in [5.74, 6) is 0.750. The summed E-state index contributed by atoms with van der Waals surface area (Å²) in [5.41, 5.74) is 0. The summed E-state index contributed by atoms with van der Waals surface area (Å²) in [5, 5.41) is 0. The van der Waals surface area contributed by atoms with Crippen molar-refractivity contribution in [1.82, 2.24) is 4.90 Å². The Balaban J connectivity index is 0. The molecule has 0 fully saturated rings. The van der Waals surface area contributed by atoms with Crippen molar-refractivity contribution in [3.8, 4) is 0 Å². The van der Waals surface area contributed by atoms with Crippen molar-refractivity contribution >= 4 is 5.91 Å². The van der Waals surface area contributed by atoms with E-state index >= 15 is 0 Å². The fourth-order valence-electron chi connectivity index (χ4n) is 0.921. The van der Waals surface area contributed by atoms with Crippen LogP contribution in [0.4, 0.5) is 0 Å². The lowest BCUT2D eigenvalue weighted by atomic mass is 10.2. The van der Waals surface area contributed by atoms with Crippen LogP contribution in [0.25, 0.3) is 0 Å². The molecule has 0 aliphatic heterocycles. The van der Waals surface area contributed by atoms with Crippen LogP contribution in [0.2, 0.25) is 0 Å². The number of hydrogen-bond donors (Lipinski definition) is 0. The van der Waals surface area contributed by atoms with Crippen LogP contribution in [-0.4, -0.2) is 23.9 Å². The maximum atomic E-state index is 10.8. The monoisotopic (exact) mass is 173 g/mol. The van der Waals surface area contributed by atoms with Gasteiger partial charge in [-0.3, -0.25) is 4.79 Å². The van der Waals surface area contributed by atoms with Crippen molar-refractivity contribution in [2.45, 2.75) is 41.5 Å². The van der Waals surface area contributed by atoms with Crippen LogP contribution < -0.4 is 0 Å². The maximum absolute atomic E-state index is 10.8. The number of carbonyl (C=O) groups is 1. The van der Waals surface area contributed by atoms with Gasteiger partial charge in [0.05, 0.1) is 0 Å². The first-order valence-corrected chi connectivity index (χ1v) is 4.83. The van der Waals surface area contributed by atoms with Crippen LogP contribution in [0.15, 0.2) is 0 Å². The molecule has 0 bridgehead atoms. The molecule has 0 aliphatic carbocycles. The summed E-state index contributed by atoms with van der Waals surface area (Å²) in [6.07, 6.45) is 0. The van der Waals surface area contributed by atoms with Crippen LogP contribution in [0, 0.1) is 5.92 Å². The Bertz CT molecular complexity index is 110. The lowest BCUT2D eigenvalue weighted by Crippen LogP contribution is -2.31. The molecular weight excluding hydrogens is 150 g/mol. The van der Waals surface area contributed by atoms with Crippen LogP contribution in [0.3, 0.4) is 0 Å². The molecule has 2 heteroatoms. The van der Waals surface area contributed by atoms with E-state index in [-0.39, 0.29) is 5.91 Å². The summed E-state index contributed by atoms with van der Waals surface area (Å²) < 4.78 is 0. The lowest BCUT2D eigenvalue weighted by Gasteiger charge is -2.20. The van der Waals surface area contributed by atoms with E-state index in [9.17, 15) is 4.79 Å². The minimum absolute atomic E-state index is 0.177. The third-order valence-corrected chi connectivity index (χ3v) is 1.41. The highest BCUT2D eigenvalue weighted by atomic mass is 16.2. The van der Waals surface area contributed by atoms with Gasteiger partial charge in [-0.05, 0) is 12.8 Å². The number of hydrogen-bond acceptors (Lipinski definition) is 1. The van der Waals surface area contributed by atoms with Gasteiger partial charge in [-0.1, -0.05) is 27.7 Å². The van der Waals surface area contributed by atoms with Gasteiger partial charge in [-0.25, -0.2) is 0 Å². The molecule has 0 aliphatic rings. The molecule has 74 valence electrons. The molecule has 0 rings (SSSR count). The zero-order chi connectivity index (χ0) is 10.1. The van der Waals surface area contributed by atoms with Gasteiger partial charge in [0.25, 0.3) is 0 Å². The summed E-state index contributed by atoms with van der Waals surface area (Å²) in [7, 11) is 0. The topological polar surface area (TPSA) is 20.3 Å². The largest absolute Gasteiger partial charge is 0.343 e. The quantitative estimate of drug-likeness (QED) is 0.642. The molecule has 0 unspecified atom stereocenters. The first kappa shape index (κ1) is 14.0. The molecule has 0 N–H and O–H groups in total. The Kier molecular flexibility index (Phi) is 10.0. The lowest BCUT2D eigenvalue weighted by molar-refractivity contribution is -0.129. The predicted octanol–water partition coefficient (Wildman–Crippen LogP) is 2.54. The van der Waals surface area contributed by atoms with Crippen molar-refractivity contribution in [1.29, 1.82) is 0 Å². The highest BCUT2D eigenvalue weighted by molar-refractivity contribution is 5.73. The third kappa shape index (κ3) is 7.58. The van der Waals surface area contributed by atoms with Crippen molar-refractivity contribution in [2.75, 3.05) is 13.1 Å². The van der Waals surface area contributed by atoms with E-state index in [2.05, 4.69) is 13.8 Å². The third-order valence-electron chi connectivity index (χ3n) is 1.41. The van der Waals surface area contributed by atoms with Crippen LogP contribution in [0.1, 0.15) is 41.5 Å². The zero-order valence-corrected chi connectivity index (χ0v) is 9.35. The van der Waals surface area contributed by atoms with Gasteiger partial charge in [0.15, 0.2) is 0 Å². The molecular formula is C10H23NO. The fourth-order valence-corrected chi connectivity index (χ4v) is 0.921. The van der Waals surface area contributed by atoms with Gasteiger partial charge in [-0.15, -0.1) is 0 Å². The number of rotatable bonds is 3. The van der Waals surface area contributed by atoms with E-state index in [1.54, 1.807) is 6.92 Å². The van der Waals surface area contributed by atoms with Crippen LogP contribution >= 0.6 is 0 Å². The molecule has 0 heterocycles. The molecule has 0 saturated heterocycles. The Morgan fingerprint density at radius 3 is 1.83 bits per heavy atom. The number of nitrogens with zero attached hydrogens (tertiary/aromatic N) is 1. The van der Waals surface area contributed by atoms with Crippen molar-refractivity contribution in [3.05, 3.63) is 0 Å². The van der Waals surface area contributed by atoms with Gasteiger partial charge in [-0.2, -0.15) is 0 Å². The molecule has 0 radical (unpaired) electrons. The van der Waals surface area contributed by atoms with Gasteiger partial charge in [0.2, 0.25) is 5.91 Å². The first-order valence-electron chi connectivity index (χ1n) is 4.83. The van der Waals surface area contributed by atoms with Crippen molar-refractivity contribution in [2.24, 2.45) is 5.92 Å². The number of amides is 1. The zero-order valence-electron chi connectivity index (χ0n) is 9.35. The standard InChI is InChI=1S/C8H17NO.C2H6/c1-5-9(8(4)10)6-7(2)3;1-2/h7H,5-6H2,1-4H3;1-2H3. The minimum Gasteiger partial charge on any atom is -0.343 e. The van der Waals surface area contributed by atoms with Crippen LogP contribution in [0.5, 0.6) is 0 Å². The van der Waals surface area contributed by atoms with E-state index in [4.69, 9.17) is 0 Å². The average molecular weight is 173 g/mol. The molecule has 0 saturated carbocycles. The molecule has 12 heavy (non-hydrogen) atoms. The van der Waals surface area contributed by atoms with Crippen molar-refractivity contribution in [3.63, 3.8) is 0 Å². The summed E-state index contributed by atoms with van der Waals surface area (Å²) in [4.78, 5) is 12.7. The molecule has 0 spiro atoms. The Morgan fingerprint density at radius 2 is 1.75 bits per heavy atom.